The summed E-state index contributed by atoms with van der Waals surface area (Å²) in [7, 11) is 0. The number of halogens is 1. The number of rotatable bonds is 1. The van der Waals surface area contributed by atoms with Crippen LogP contribution in [0.5, 0.6) is 5.75 Å². The van der Waals surface area contributed by atoms with Gasteiger partial charge in [0.05, 0.1) is 19.3 Å². The smallest absolute Gasteiger partial charge is 0.278 e. The molecule has 4 heterocycles. The van der Waals surface area contributed by atoms with E-state index in [1.165, 1.54) is 18.3 Å². The maximum atomic E-state index is 14.2. The fourth-order valence-electron chi connectivity index (χ4n) is 4.94. The van der Waals surface area contributed by atoms with Gasteiger partial charge in [-0.1, -0.05) is 24.3 Å². The van der Waals surface area contributed by atoms with Crippen LogP contribution in [0.3, 0.4) is 0 Å². The summed E-state index contributed by atoms with van der Waals surface area (Å²) in [6.45, 7) is 0.967. The minimum Gasteiger partial charge on any atom is -0.502 e. The van der Waals surface area contributed by atoms with E-state index in [-0.39, 0.29) is 18.1 Å². The van der Waals surface area contributed by atoms with Crippen molar-refractivity contribution in [1.82, 2.24) is 9.58 Å². The van der Waals surface area contributed by atoms with Gasteiger partial charge in [0.1, 0.15) is 12.0 Å². The van der Waals surface area contributed by atoms with Gasteiger partial charge in [0, 0.05) is 29.5 Å². The molecule has 3 aliphatic rings. The van der Waals surface area contributed by atoms with Crippen molar-refractivity contribution in [3.8, 4) is 5.75 Å². The van der Waals surface area contributed by atoms with Crippen LogP contribution in [0.1, 0.15) is 33.2 Å². The molecule has 1 saturated heterocycles. The first kappa shape index (κ1) is 20.3. The molecule has 0 radical (unpaired) electrons. The number of nitrogens with zero attached hydrogens (tertiary/aromatic N) is 3. The summed E-state index contributed by atoms with van der Waals surface area (Å²) in [5, 5.41) is 12.6. The molecule has 9 heteroatoms. The molecule has 0 bridgehead atoms. The van der Waals surface area contributed by atoms with Gasteiger partial charge in [-0.2, -0.15) is 0 Å². The Hall–Kier alpha value is -3.30. The highest BCUT2D eigenvalue weighted by molar-refractivity contribution is 7.98. The molecule has 0 saturated carbocycles. The number of amides is 1. The second-order valence-corrected chi connectivity index (χ2v) is 9.25. The lowest BCUT2D eigenvalue weighted by molar-refractivity contribution is -0.0197. The van der Waals surface area contributed by atoms with Crippen LogP contribution < -0.4 is 10.4 Å². The topological polar surface area (TPSA) is 75.0 Å². The van der Waals surface area contributed by atoms with Crippen molar-refractivity contribution in [2.45, 2.75) is 22.9 Å². The highest BCUT2D eigenvalue weighted by Gasteiger charge is 2.45. The number of pyridine rings is 1. The predicted molar refractivity (Wildman–Crippen MR) is 120 cm³/mol. The molecule has 1 aromatic heterocycles. The fraction of sp³-hybridized carbons (Fsp3) is 0.250. The summed E-state index contributed by atoms with van der Waals surface area (Å²) >= 11 is 1.63. The summed E-state index contributed by atoms with van der Waals surface area (Å²) in [6.07, 6.45) is 1.05. The number of hydrogen-bond acceptors (Lipinski definition) is 6. The van der Waals surface area contributed by atoms with E-state index in [9.17, 15) is 19.1 Å². The third-order valence-corrected chi connectivity index (χ3v) is 7.57. The largest absolute Gasteiger partial charge is 0.502 e. The number of carbonyl (C=O) groups is 1. The van der Waals surface area contributed by atoms with Crippen molar-refractivity contribution in [3.63, 3.8) is 0 Å². The van der Waals surface area contributed by atoms with Gasteiger partial charge in [-0.05, 0) is 34.9 Å². The monoisotopic (exact) mass is 465 g/mol. The van der Waals surface area contributed by atoms with Crippen molar-refractivity contribution >= 4 is 17.7 Å². The van der Waals surface area contributed by atoms with E-state index in [1.54, 1.807) is 33.5 Å². The van der Waals surface area contributed by atoms with Gasteiger partial charge in [0.25, 0.3) is 5.91 Å². The SMILES string of the molecule is O=C1c2c(O)c(=O)ccn2N([C@H]2c3ccc(F)cc3CSc3ccccc32)[C@@H]2COCCN12. The molecule has 0 aliphatic carbocycles. The van der Waals surface area contributed by atoms with Gasteiger partial charge < -0.3 is 14.7 Å². The molecule has 1 fully saturated rings. The summed E-state index contributed by atoms with van der Waals surface area (Å²) in [6, 6.07) is 13.6. The second kappa shape index (κ2) is 7.64. The number of aromatic hydroxyl groups is 1. The average Bonchev–Trinajstić information content (AvgIpc) is 2.98. The number of morpholine rings is 1. The lowest BCUT2D eigenvalue weighted by Crippen LogP contribution is -2.66. The first-order chi connectivity index (χ1) is 16.0. The summed E-state index contributed by atoms with van der Waals surface area (Å²) in [4.78, 5) is 28.3. The number of thioether (sulfide) groups is 1. The number of aromatic nitrogens is 1. The molecule has 7 nitrogen and oxygen atoms in total. The second-order valence-electron chi connectivity index (χ2n) is 8.23. The highest BCUT2D eigenvalue weighted by Crippen LogP contribution is 2.44. The quantitative estimate of drug-likeness (QED) is 0.596. The molecule has 2 aromatic carbocycles. The van der Waals surface area contributed by atoms with Crippen molar-refractivity contribution < 1.29 is 19.0 Å². The standard InChI is InChI=1S/C24H20FN3O4S/c25-15-5-6-16-14(11-15)13-33-19-4-2-1-3-17(19)21(16)28-20-12-32-10-9-26(20)24(31)22-23(30)18(29)7-8-27(22)28/h1-8,11,20-21,30H,9-10,12-13H2/t20-,21+/m1/s1. The molecule has 168 valence electrons. The minimum atomic E-state index is -0.611. The van der Waals surface area contributed by atoms with E-state index in [0.717, 1.165) is 21.6 Å². The highest BCUT2D eigenvalue weighted by atomic mass is 32.2. The maximum Gasteiger partial charge on any atom is 0.278 e. The lowest BCUT2D eigenvalue weighted by atomic mass is 9.93. The van der Waals surface area contributed by atoms with Crippen molar-refractivity contribution in [1.29, 1.82) is 0 Å². The molecule has 6 rings (SSSR count). The zero-order chi connectivity index (χ0) is 22.7. The lowest BCUT2D eigenvalue weighted by Gasteiger charge is -2.51. The molecular formula is C24H20FN3O4S. The predicted octanol–water partition coefficient (Wildman–Crippen LogP) is 2.84. The third kappa shape index (κ3) is 3.07. The van der Waals surface area contributed by atoms with Crippen LogP contribution >= 0.6 is 11.8 Å². The van der Waals surface area contributed by atoms with E-state index in [1.807, 2.05) is 29.3 Å². The molecule has 2 atom stereocenters. The van der Waals surface area contributed by atoms with E-state index >= 15 is 0 Å². The average molecular weight is 466 g/mol. The Morgan fingerprint density at radius 1 is 1.09 bits per heavy atom. The van der Waals surface area contributed by atoms with Crippen LogP contribution in [-0.4, -0.2) is 46.5 Å². The van der Waals surface area contributed by atoms with Crippen molar-refractivity contribution in [3.05, 3.63) is 93.2 Å². The molecule has 0 unspecified atom stereocenters. The fourth-order valence-corrected chi connectivity index (χ4v) is 6.03. The van der Waals surface area contributed by atoms with E-state index in [2.05, 4.69) is 0 Å². The summed E-state index contributed by atoms with van der Waals surface area (Å²) in [5.74, 6) is -0.698. The third-order valence-electron chi connectivity index (χ3n) is 6.44. The Morgan fingerprint density at radius 2 is 1.94 bits per heavy atom. The van der Waals surface area contributed by atoms with Crippen LogP contribution in [0, 0.1) is 5.82 Å². The van der Waals surface area contributed by atoms with Crippen molar-refractivity contribution in [2.75, 3.05) is 24.8 Å². The normalized spacial score (nSPS) is 21.5. The Morgan fingerprint density at radius 3 is 2.82 bits per heavy atom. The zero-order valence-electron chi connectivity index (χ0n) is 17.5. The van der Waals surface area contributed by atoms with Crippen LogP contribution in [0.4, 0.5) is 4.39 Å². The van der Waals surface area contributed by atoms with E-state index in [0.29, 0.717) is 18.9 Å². The first-order valence-corrected chi connectivity index (χ1v) is 11.6. The molecule has 1 amide bonds. The van der Waals surface area contributed by atoms with Gasteiger partial charge in [0.15, 0.2) is 11.4 Å². The van der Waals surface area contributed by atoms with Gasteiger partial charge in [-0.15, -0.1) is 11.8 Å². The minimum absolute atomic E-state index is 0.0707. The summed E-state index contributed by atoms with van der Waals surface area (Å²) < 4.78 is 21.5. The Balaban J connectivity index is 1.66. The Labute approximate surface area is 193 Å². The summed E-state index contributed by atoms with van der Waals surface area (Å²) in [5.41, 5.74) is 2.07. The van der Waals surface area contributed by atoms with Crippen LogP contribution in [0.2, 0.25) is 0 Å². The van der Waals surface area contributed by atoms with Gasteiger partial charge >= 0.3 is 0 Å². The van der Waals surface area contributed by atoms with Crippen LogP contribution in [-0.2, 0) is 10.5 Å². The molecule has 3 aliphatic heterocycles. The van der Waals surface area contributed by atoms with Crippen LogP contribution in [0.15, 0.2) is 64.4 Å². The maximum absolute atomic E-state index is 14.2. The number of carbonyl (C=O) groups excluding carboxylic acids is 1. The van der Waals surface area contributed by atoms with Gasteiger partial charge in [0.2, 0.25) is 5.43 Å². The number of benzene rings is 2. The molecule has 0 spiro atoms. The molecule has 33 heavy (non-hydrogen) atoms. The van der Waals surface area contributed by atoms with Crippen LogP contribution in [0.25, 0.3) is 0 Å². The Kier molecular flexibility index (Phi) is 4.70. The Bertz CT molecular complexity index is 1340. The molecule has 3 aromatic rings. The van der Waals surface area contributed by atoms with Gasteiger partial charge in [-0.25, -0.2) is 4.39 Å². The van der Waals surface area contributed by atoms with Gasteiger partial charge in [-0.3, -0.25) is 19.3 Å². The molecule has 1 N–H and O–H groups in total. The number of hydrogen-bond donors (Lipinski definition) is 1. The van der Waals surface area contributed by atoms with E-state index < -0.39 is 29.3 Å². The zero-order valence-corrected chi connectivity index (χ0v) is 18.3. The number of ether oxygens (including phenoxy) is 1. The molecular weight excluding hydrogens is 445 g/mol. The van der Waals surface area contributed by atoms with Crippen molar-refractivity contribution in [2.24, 2.45) is 0 Å². The first-order valence-electron chi connectivity index (χ1n) is 10.7. The number of fused-ring (bicyclic) bond motifs is 4. The van der Waals surface area contributed by atoms with E-state index in [4.69, 9.17) is 4.74 Å².